The van der Waals surface area contributed by atoms with E-state index in [2.05, 4.69) is 31.3 Å². The fourth-order valence-corrected chi connectivity index (χ4v) is 4.31. The van der Waals surface area contributed by atoms with Crippen LogP contribution in [-0.4, -0.2) is 39.2 Å². The minimum atomic E-state index is -4.39. The molecule has 0 aromatic heterocycles. The summed E-state index contributed by atoms with van der Waals surface area (Å²) in [4.78, 5) is 22.2. The fourth-order valence-electron chi connectivity index (χ4n) is 3.35. The first-order chi connectivity index (χ1) is 18.3. The van der Waals surface area contributed by atoms with E-state index in [1.54, 1.807) is 12.1 Å². The van der Waals surface area contributed by atoms with Crippen LogP contribution in [-0.2, 0) is 20.3 Å². The Labute approximate surface area is 226 Å². The lowest BCUT2D eigenvalue weighted by atomic mass is 9.87. The number of aryl methyl sites for hydroxylation is 1. The third kappa shape index (κ3) is 7.77. The van der Waals surface area contributed by atoms with Crippen molar-refractivity contribution in [1.29, 1.82) is 0 Å². The summed E-state index contributed by atoms with van der Waals surface area (Å²) < 4.78 is 41.3. The average Bonchev–Trinajstić information content (AvgIpc) is 2.87. The highest BCUT2D eigenvalue weighted by Gasteiger charge is 2.23. The molecule has 0 saturated carbocycles. The molecule has 0 radical (unpaired) electrons. The lowest BCUT2D eigenvalue weighted by molar-refractivity contribution is -0.385. The van der Waals surface area contributed by atoms with E-state index < -0.39 is 20.9 Å². The first-order valence-electron chi connectivity index (χ1n) is 11.7. The molecular formula is C27H29N3O8S. The van der Waals surface area contributed by atoms with Crippen LogP contribution in [0.2, 0.25) is 0 Å². The predicted octanol–water partition coefficient (Wildman–Crippen LogP) is 4.51. The molecule has 0 heterocycles. The Hall–Kier alpha value is -4.45. The van der Waals surface area contributed by atoms with E-state index in [1.165, 1.54) is 50.6 Å². The van der Waals surface area contributed by atoms with E-state index in [1.807, 2.05) is 12.1 Å². The van der Waals surface area contributed by atoms with Gasteiger partial charge in [-0.1, -0.05) is 39.0 Å². The smallest absolute Gasteiger partial charge is 0.339 e. The second-order valence-electron chi connectivity index (χ2n) is 9.51. The first-order valence-corrected chi connectivity index (χ1v) is 13.1. The average molecular weight is 556 g/mol. The van der Waals surface area contributed by atoms with Crippen molar-refractivity contribution in [2.75, 3.05) is 13.7 Å². The van der Waals surface area contributed by atoms with Gasteiger partial charge >= 0.3 is 10.1 Å². The maximum absolute atomic E-state index is 12.7. The zero-order valence-corrected chi connectivity index (χ0v) is 22.9. The van der Waals surface area contributed by atoms with Crippen LogP contribution >= 0.6 is 0 Å². The molecular weight excluding hydrogens is 526 g/mol. The second-order valence-corrected chi connectivity index (χ2v) is 11.1. The van der Waals surface area contributed by atoms with Gasteiger partial charge in [-0.05, 0) is 59.9 Å². The lowest BCUT2D eigenvalue weighted by Gasteiger charge is -2.19. The summed E-state index contributed by atoms with van der Waals surface area (Å²) in [7, 11) is -3.07. The molecule has 1 amide bonds. The number of hydrazone groups is 1. The topological polar surface area (TPSA) is 146 Å². The van der Waals surface area contributed by atoms with Gasteiger partial charge in [-0.3, -0.25) is 14.9 Å². The summed E-state index contributed by atoms with van der Waals surface area (Å²) in [6.07, 6.45) is 1.33. The number of amides is 1. The lowest BCUT2D eigenvalue weighted by Crippen LogP contribution is -2.24. The molecule has 0 bridgehead atoms. The van der Waals surface area contributed by atoms with Crippen LogP contribution in [0.3, 0.4) is 0 Å². The molecule has 0 aliphatic rings. The van der Waals surface area contributed by atoms with Crippen molar-refractivity contribution in [3.05, 3.63) is 87.5 Å². The van der Waals surface area contributed by atoms with E-state index in [9.17, 15) is 23.3 Å². The highest BCUT2D eigenvalue weighted by atomic mass is 32.2. The van der Waals surface area contributed by atoms with E-state index >= 15 is 0 Å². The minimum absolute atomic E-state index is 0.0101. The van der Waals surface area contributed by atoms with Crippen molar-refractivity contribution in [1.82, 2.24) is 5.43 Å². The monoisotopic (exact) mass is 555 g/mol. The summed E-state index contributed by atoms with van der Waals surface area (Å²) >= 11 is 0. The molecule has 3 aromatic carbocycles. The van der Waals surface area contributed by atoms with Crippen molar-refractivity contribution in [3.63, 3.8) is 0 Å². The van der Waals surface area contributed by atoms with Crippen molar-refractivity contribution in [3.8, 4) is 17.2 Å². The number of rotatable bonds is 10. The van der Waals surface area contributed by atoms with E-state index in [0.717, 1.165) is 11.6 Å². The first kappa shape index (κ1) is 29.1. The van der Waals surface area contributed by atoms with Gasteiger partial charge in [-0.2, -0.15) is 13.5 Å². The number of hydrogen-bond acceptors (Lipinski definition) is 9. The predicted molar refractivity (Wildman–Crippen MR) is 145 cm³/mol. The summed E-state index contributed by atoms with van der Waals surface area (Å²) in [5.41, 5.74) is 3.95. The van der Waals surface area contributed by atoms with Crippen LogP contribution in [0.4, 0.5) is 5.69 Å². The molecule has 3 rings (SSSR count). The molecule has 0 fully saturated rings. The third-order valence-corrected chi connectivity index (χ3v) is 6.78. The maximum atomic E-state index is 12.7. The largest absolute Gasteiger partial charge is 0.493 e. The van der Waals surface area contributed by atoms with Crippen molar-refractivity contribution < 1.29 is 31.8 Å². The Bertz CT molecular complexity index is 1490. The van der Waals surface area contributed by atoms with Gasteiger partial charge < -0.3 is 13.7 Å². The summed E-state index contributed by atoms with van der Waals surface area (Å²) in [6, 6.07) is 15.3. The highest BCUT2D eigenvalue weighted by molar-refractivity contribution is 7.87. The minimum Gasteiger partial charge on any atom is -0.493 e. The van der Waals surface area contributed by atoms with Gasteiger partial charge in [-0.15, -0.1) is 0 Å². The Morgan fingerprint density at radius 3 is 2.36 bits per heavy atom. The van der Waals surface area contributed by atoms with Gasteiger partial charge in [0.15, 0.2) is 18.1 Å². The molecule has 206 valence electrons. The Morgan fingerprint density at radius 2 is 1.74 bits per heavy atom. The number of nitro benzene ring substituents is 1. The quantitative estimate of drug-likeness (QED) is 0.166. The summed E-state index contributed by atoms with van der Waals surface area (Å²) in [6.45, 7) is 7.57. The number of carbonyl (C=O) groups excluding carboxylic acids is 1. The number of carbonyl (C=O) groups is 1. The van der Waals surface area contributed by atoms with Gasteiger partial charge in [-0.25, -0.2) is 5.43 Å². The summed E-state index contributed by atoms with van der Waals surface area (Å²) in [5.74, 6) is 0.0132. The van der Waals surface area contributed by atoms with Crippen LogP contribution < -0.4 is 19.1 Å². The molecule has 0 spiro atoms. The Kier molecular flexibility index (Phi) is 8.92. The Morgan fingerprint density at radius 1 is 1.05 bits per heavy atom. The molecule has 0 aliphatic heterocycles. The van der Waals surface area contributed by atoms with Gasteiger partial charge in [0.2, 0.25) is 0 Å². The molecule has 3 aromatic rings. The number of hydrogen-bond donors (Lipinski definition) is 1. The molecule has 0 atom stereocenters. The maximum Gasteiger partial charge on any atom is 0.339 e. The van der Waals surface area contributed by atoms with Gasteiger partial charge in [0.1, 0.15) is 10.6 Å². The molecule has 11 nitrogen and oxygen atoms in total. The number of nitro groups is 1. The van der Waals surface area contributed by atoms with Crippen LogP contribution in [0.5, 0.6) is 17.2 Å². The number of benzene rings is 3. The zero-order chi connectivity index (χ0) is 28.8. The molecule has 39 heavy (non-hydrogen) atoms. The van der Waals surface area contributed by atoms with E-state index in [-0.39, 0.29) is 34.1 Å². The summed E-state index contributed by atoms with van der Waals surface area (Å²) in [5, 5.41) is 15.1. The number of ether oxygens (including phenoxy) is 2. The molecule has 0 unspecified atom stereocenters. The van der Waals surface area contributed by atoms with Crippen LogP contribution in [0, 0.1) is 17.0 Å². The normalized spacial score (nSPS) is 11.7. The van der Waals surface area contributed by atoms with Crippen molar-refractivity contribution >= 4 is 27.9 Å². The highest BCUT2D eigenvalue weighted by Crippen LogP contribution is 2.31. The van der Waals surface area contributed by atoms with Gasteiger partial charge in [0.25, 0.3) is 11.6 Å². The van der Waals surface area contributed by atoms with E-state index in [4.69, 9.17) is 13.7 Å². The van der Waals surface area contributed by atoms with Crippen LogP contribution in [0.15, 0.2) is 70.7 Å². The third-order valence-electron chi connectivity index (χ3n) is 5.55. The molecule has 12 heteroatoms. The van der Waals surface area contributed by atoms with Crippen molar-refractivity contribution in [2.45, 2.75) is 38.0 Å². The Balaban J connectivity index is 1.62. The molecule has 1 N–H and O–H groups in total. The number of methoxy groups -OCH3 is 1. The SMILES string of the molecule is COc1cc(C=NNC(=O)COc2ccc(C(C)(C)C)cc2)ccc1OS(=O)(=O)c1ccc(C)c([N+](=O)[O-])c1. The number of nitrogens with zero attached hydrogens (tertiary/aromatic N) is 2. The van der Waals surface area contributed by atoms with Gasteiger partial charge in [0.05, 0.1) is 18.2 Å². The standard InChI is InChI=1S/C27H29N3O8S/c1-18-6-12-22(15-23(18)30(32)33)39(34,35)38-24-13-7-19(14-25(24)36-5)16-28-29-26(31)17-37-21-10-8-20(9-11-21)27(2,3)4/h6-16H,17H2,1-5H3,(H,29,31). The van der Waals surface area contributed by atoms with E-state index in [0.29, 0.717) is 16.9 Å². The van der Waals surface area contributed by atoms with Crippen molar-refractivity contribution in [2.24, 2.45) is 5.10 Å². The van der Waals surface area contributed by atoms with Crippen LogP contribution in [0.1, 0.15) is 37.5 Å². The number of nitrogens with one attached hydrogen (secondary N) is 1. The fraction of sp³-hybridized carbons (Fsp3) is 0.259. The molecule has 0 aliphatic carbocycles. The second kappa shape index (κ2) is 11.9. The van der Waals surface area contributed by atoms with Crippen LogP contribution in [0.25, 0.3) is 0 Å². The van der Waals surface area contributed by atoms with Gasteiger partial charge in [0, 0.05) is 11.6 Å². The molecule has 0 saturated heterocycles. The zero-order valence-electron chi connectivity index (χ0n) is 22.1.